The van der Waals surface area contributed by atoms with Gasteiger partial charge in [-0.2, -0.15) is 0 Å². The molecule has 0 aliphatic heterocycles. The highest BCUT2D eigenvalue weighted by atomic mass is 16.5. The number of hydrogen-bond acceptors (Lipinski definition) is 3. The van der Waals surface area contributed by atoms with Gasteiger partial charge in [0.15, 0.2) is 0 Å². The zero-order valence-corrected chi connectivity index (χ0v) is 13.4. The normalized spacial score (nSPS) is 12.4. The van der Waals surface area contributed by atoms with Crippen molar-refractivity contribution < 1.29 is 9.84 Å². The van der Waals surface area contributed by atoms with E-state index in [1.807, 2.05) is 49.4 Å². The molecule has 1 N–H and O–H groups in total. The molecule has 0 amide bonds. The summed E-state index contributed by atoms with van der Waals surface area (Å²) in [6.45, 7) is 6.81. The van der Waals surface area contributed by atoms with Crippen molar-refractivity contribution in [1.29, 1.82) is 0 Å². The van der Waals surface area contributed by atoms with Gasteiger partial charge in [0.05, 0.1) is 0 Å². The van der Waals surface area contributed by atoms with E-state index in [2.05, 4.69) is 24.0 Å². The van der Waals surface area contributed by atoms with Gasteiger partial charge in [0, 0.05) is 13.1 Å². The van der Waals surface area contributed by atoms with Crippen LogP contribution < -0.4 is 4.74 Å². The van der Waals surface area contributed by atoms with Crippen LogP contribution >= 0.6 is 0 Å². The van der Waals surface area contributed by atoms with Crippen molar-refractivity contribution in [3.63, 3.8) is 0 Å². The lowest BCUT2D eigenvalue weighted by atomic mass is 10.2. The lowest BCUT2D eigenvalue weighted by Crippen LogP contribution is -2.35. The number of likely N-dealkylation sites (N-methyl/N-ethyl adjacent to an activating group) is 1. The maximum Gasteiger partial charge on any atom is 0.119 e. The monoisotopic (exact) mass is 299 g/mol. The number of aliphatic hydroxyl groups is 1. The largest absolute Gasteiger partial charge is 0.491 e. The molecule has 3 heteroatoms. The molecule has 2 aromatic carbocycles. The van der Waals surface area contributed by atoms with Crippen LogP contribution in [0.4, 0.5) is 0 Å². The maximum atomic E-state index is 10.2. The van der Waals surface area contributed by atoms with E-state index >= 15 is 0 Å². The van der Waals surface area contributed by atoms with Gasteiger partial charge in [-0.15, -0.1) is 0 Å². The molecule has 0 aliphatic carbocycles. The minimum Gasteiger partial charge on any atom is -0.491 e. The lowest BCUT2D eigenvalue weighted by Gasteiger charge is -2.23. The minimum absolute atomic E-state index is 0.314. The third-order valence-electron chi connectivity index (χ3n) is 3.60. The molecule has 22 heavy (non-hydrogen) atoms. The molecule has 2 aromatic rings. The Balaban J connectivity index is 1.80. The number of benzene rings is 2. The third kappa shape index (κ3) is 5.51. The number of hydrogen-bond donors (Lipinski definition) is 1. The summed E-state index contributed by atoms with van der Waals surface area (Å²) in [7, 11) is 0. The fourth-order valence-corrected chi connectivity index (χ4v) is 2.40. The Bertz CT molecular complexity index is 556. The molecule has 2 rings (SSSR count). The summed E-state index contributed by atoms with van der Waals surface area (Å²) in [6, 6.07) is 18.2. The molecule has 0 bridgehead atoms. The van der Waals surface area contributed by atoms with Gasteiger partial charge >= 0.3 is 0 Å². The number of nitrogens with zero attached hydrogens (tertiary/aromatic N) is 1. The quantitative estimate of drug-likeness (QED) is 0.812. The topological polar surface area (TPSA) is 32.7 Å². The summed E-state index contributed by atoms with van der Waals surface area (Å²) in [4.78, 5) is 2.22. The van der Waals surface area contributed by atoms with Crippen LogP contribution in [-0.4, -0.2) is 35.8 Å². The summed E-state index contributed by atoms with van der Waals surface area (Å²) in [5, 5.41) is 10.2. The van der Waals surface area contributed by atoms with Gasteiger partial charge in [-0.1, -0.05) is 49.4 Å². The van der Waals surface area contributed by atoms with Crippen molar-refractivity contribution in [3.8, 4) is 5.75 Å². The first-order chi connectivity index (χ1) is 10.7. The molecule has 118 valence electrons. The van der Waals surface area contributed by atoms with Gasteiger partial charge in [0.1, 0.15) is 18.5 Å². The van der Waals surface area contributed by atoms with Gasteiger partial charge in [-0.25, -0.2) is 0 Å². The first-order valence-corrected chi connectivity index (χ1v) is 7.81. The van der Waals surface area contributed by atoms with E-state index in [0.717, 1.165) is 24.4 Å². The Labute approximate surface area is 133 Å². The van der Waals surface area contributed by atoms with Crippen LogP contribution in [0.1, 0.15) is 18.1 Å². The first kappa shape index (κ1) is 16.5. The first-order valence-electron chi connectivity index (χ1n) is 7.81. The molecular weight excluding hydrogens is 274 g/mol. The van der Waals surface area contributed by atoms with Crippen LogP contribution in [0.15, 0.2) is 54.6 Å². The Morgan fingerprint density at radius 1 is 1.09 bits per heavy atom. The average molecular weight is 299 g/mol. The summed E-state index contributed by atoms with van der Waals surface area (Å²) in [5.74, 6) is 0.810. The molecule has 1 unspecified atom stereocenters. The van der Waals surface area contributed by atoms with Crippen molar-refractivity contribution in [2.75, 3.05) is 19.7 Å². The number of ether oxygens (including phenoxy) is 1. The van der Waals surface area contributed by atoms with Crippen LogP contribution in [0, 0.1) is 6.92 Å². The highest BCUT2D eigenvalue weighted by Crippen LogP contribution is 2.13. The van der Waals surface area contributed by atoms with Crippen LogP contribution in [0.25, 0.3) is 0 Å². The molecule has 0 fully saturated rings. The molecule has 0 heterocycles. The van der Waals surface area contributed by atoms with Crippen LogP contribution in [0.5, 0.6) is 5.75 Å². The fourth-order valence-electron chi connectivity index (χ4n) is 2.40. The molecule has 0 spiro atoms. The van der Waals surface area contributed by atoms with E-state index in [1.54, 1.807) is 0 Å². The highest BCUT2D eigenvalue weighted by molar-refractivity contribution is 5.27. The smallest absolute Gasteiger partial charge is 0.119 e. The van der Waals surface area contributed by atoms with E-state index in [-0.39, 0.29) is 0 Å². The van der Waals surface area contributed by atoms with Crippen LogP contribution in [0.3, 0.4) is 0 Å². The van der Waals surface area contributed by atoms with E-state index in [0.29, 0.717) is 13.2 Å². The number of aliphatic hydroxyl groups excluding tert-OH is 1. The standard InChI is InChI=1S/C19H25NO2/c1-3-20(13-17-9-5-4-6-10-17)14-18(21)15-22-19-11-7-8-16(2)12-19/h4-12,18,21H,3,13-15H2,1-2H3. The van der Waals surface area contributed by atoms with E-state index in [9.17, 15) is 5.11 Å². The van der Waals surface area contributed by atoms with E-state index in [1.165, 1.54) is 5.56 Å². The number of aryl methyl sites for hydroxylation is 1. The minimum atomic E-state index is -0.496. The predicted molar refractivity (Wildman–Crippen MR) is 90.1 cm³/mol. The lowest BCUT2D eigenvalue weighted by molar-refractivity contribution is 0.0674. The van der Waals surface area contributed by atoms with Crippen LogP contribution in [-0.2, 0) is 6.54 Å². The second-order valence-electron chi connectivity index (χ2n) is 5.59. The summed E-state index contributed by atoms with van der Waals surface area (Å²) in [5.41, 5.74) is 2.42. The molecule has 0 aromatic heterocycles. The van der Waals surface area contributed by atoms with E-state index in [4.69, 9.17) is 4.74 Å². The number of rotatable bonds is 8. The van der Waals surface area contributed by atoms with E-state index < -0.39 is 6.10 Å². The zero-order valence-electron chi connectivity index (χ0n) is 13.4. The Morgan fingerprint density at radius 3 is 2.55 bits per heavy atom. The van der Waals surface area contributed by atoms with Gasteiger partial charge < -0.3 is 9.84 Å². The molecule has 0 aliphatic rings. The van der Waals surface area contributed by atoms with Crippen molar-refractivity contribution >= 4 is 0 Å². The van der Waals surface area contributed by atoms with Crippen molar-refractivity contribution in [2.24, 2.45) is 0 Å². The van der Waals surface area contributed by atoms with Gasteiger partial charge in [0.2, 0.25) is 0 Å². The Kier molecular flexibility index (Phi) is 6.44. The van der Waals surface area contributed by atoms with Crippen LogP contribution in [0.2, 0.25) is 0 Å². The summed E-state index contributed by atoms with van der Waals surface area (Å²) >= 11 is 0. The summed E-state index contributed by atoms with van der Waals surface area (Å²) in [6.07, 6.45) is -0.496. The van der Waals surface area contributed by atoms with Gasteiger partial charge in [0.25, 0.3) is 0 Å². The Hall–Kier alpha value is -1.84. The van der Waals surface area contributed by atoms with Gasteiger partial charge in [-0.05, 0) is 36.7 Å². The Morgan fingerprint density at radius 2 is 1.86 bits per heavy atom. The maximum absolute atomic E-state index is 10.2. The zero-order chi connectivity index (χ0) is 15.8. The van der Waals surface area contributed by atoms with Gasteiger partial charge in [-0.3, -0.25) is 4.90 Å². The van der Waals surface area contributed by atoms with Crippen molar-refractivity contribution in [3.05, 3.63) is 65.7 Å². The molecule has 0 saturated heterocycles. The van der Waals surface area contributed by atoms with Crippen molar-refractivity contribution in [1.82, 2.24) is 4.90 Å². The second-order valence-corrected chi connectivity index (χ2v) is 5.59. The molecule has 1 atom stereocenters. The second kappa shape index (κ2) is 8.57. The van der Waals surface area contributed by atoms with Crippen molar-refractivity contribution in [2.45, 2.75) is 26.5 Å². The predicted octanol–water partition coefficient (Wildman–Crippen LogP) is 3.26. The molecule has 0 saturated carbocycles. The molecule has 0 radical (unpaired) electrons. The SMILES string of the molecule is CCN(Cc1ccccc1)CC(O)COc1cccc(C)c1. The fraction of sp³-hybridized carbons (Fsp3) is 0.368. The third-order valence-corrected chi connectivity index (χ3v) is 3.60. The average Bonchev–Trinajstić information content (AvgIpc) is 2.53. The molecular formula is C19H25NO2. The highest BCUT2D eigenvalue weighted by Gasteiger charge is 2.11. The summed E-state index contributed by atoms with van der Waals surface area (Å²) < 4.78 is 5.67. The molecule has 3 nitrogen and oxygen atoms in total.